The van der Waals surface area contributed by atoms with Crippen LogP contribution in [0.25, 0.3) is 10.9 Å². The van der Waals surface area contributed by atoms with E-state index in [1.165, 1.54) is 17.5 Å². The van der Waals surface area contributed by atoms with E-state index in [1.54, 1.807) is 7.11 Å². The molecule has 0 spiro atoms. The predicted molar refractivity (Wildman–Crippen MR) is 142 cm³/mol. The first-order valence-corrected chi connectivity index (χ1v) is 12.9. The minimum atomic E-state index is -0.560. The lowest BCUT2D eigenvalue weighted by atomic mass is 9.71. The fourth-order valence-electron chi connectivity index (χ4n) is 6.59. The van der Waals surface area contributed by atoms with Gasteiger partial charge in [0.05, 0.1) is 25.7 Å². The smallest absolute Gasteiger partial charge is 0.131 e. The summed E-state index contributed by atoms with van der Waals surface area (Å²) >= 11 is 0. The minimum absolute atomic E-state index is 0.143. The first kappa shape index (κ1) is 24.0. The van der Waals surface area contributed by atoms with Gasteiger partial charge in [-0.1, -0.05) is 51.1 Å². The Morgan fingerprint density at radius 1 is 1.17 bits per heavy atom. The van der Waals surface area contributed by atoms with Gasteiger partial charge in [-0.15, -0.1) is 6.58 Å². The number of fused-ring (bicyclic) bond motifs is 4. The van der Waals surface area contributed by atoms with Crippen LogP contribution in [0.15, 0.2) is 67.4 Å². The second kappa shape index (κ2) is 9.07. The highest BCUT2D eigenvalue weighted by molar-refractivity contribution is 5.83. The Balaban J connectivity index is 1.52. The van der Waals surface area contributed by atoms with E-state index in [9.17, 15) is 5.11 Å². The molecule has 3 aliphatic rings. The van der Waals surface area contributed by atoms with E-state index in [-0.39, 0.29) is 11.5 Å². The number of hydrogen-bond donors (Lipinski definition) is 1. The van der Waals surface area contributed by atoms with Crippen molar-refractivity contribution in [1.29, 1.82) is 0 Å². The number of methoxy groups -OCH3 is 1. The first-order valence-electron chi connectivity index (χ1n) is 12.9. The molecule has 4 heterocycles. The molecule has 0 aliphatic carbocycles. The van der Waals surface area contributed by atoms with Gasteiger partial charge in [0, 0.05) is 35.9 Å². The number of aliphatic hydroxyl groups excluding tert-OH is 1. The maximum Gasteiger partial charge on any atom is 0.131 e. The van der Waals surface area contributed by atoms with Crippen molar-refractivity contribution in [3.05, 3.63) is 84.1 Å². The highest BCUT2D eigenvalue weighted by atomic mass is 16.5. The summed E-state index contributed by atoms with van der Waals surface area (Å²) in [7, 11) is 1.68. The van der Waals surface area contributed by atoms with E-state index in [0.717, 1.165) is 52.8 Å². The highest BCUT2D eigenvalue weighted by Crippen LogP contribution is 2.48. The number of quaternary nitrogens is 1. The van der Waals surface area contributed by atoms with E-state index >= 15 is 0 Å². The largest absolute Gasteiger partial charge is 0.497 e. The molecular formula is C31H39N2O2+. The van der Waals surface area contributed by atoms with Crippen LogP contribution in [0, 0.1) is 11.8 Å². The predicted octanol–water partition coefficient (Wildman–Crippen LogP) is 6.19. The number of rotatable bonds is 6. The lowest BCUT2D eigenvalue weighted by Gasteiger charge is -2.58. The molecular weight excluding hydrogens is 432 g/mol. The summed E-state index contributed by atoms with van der Waals surface area (Å²) in [6.07, 6.45) is 5.65. The Morgan fingerprint density at radius 2 is 1.94 bits per heavy atom. The maximum atomic E-state index is 12.0. The van der Waals surface area contributed by atoms with Crippen molar-refractivity contribution >= 4 is 10.9 Å². The third kappa shape index (κ3) is 4.39. The second-order valence-electron chi connectivity index (χ2n) is 11.7. The molecule has 0 saturated carbocycles. The molecule has 4 unspecified atom stereocenters. The lowest BCUT2D eigenvalue weighted by molar-refractivity contribution is -0.984. The molecule has 3 aliphatic heterocycles. The number of pyridine rings is 1. The topological polar surface area (TPSA) is 42.4 Å². The second-order valence-corrected chi connectivity index (χ2v) is 11.7. The van der Waals surface area contributed by atoms with Crippen LogP contribution >= 0.6 is 0 Å². The van der Waals surface area contributed by atoms with Gasteiger partial charge in [-0.25, -0.2) is 0 Å². The van der Waals surface area contributed by atoms with Crippen LogP contribution in [0.3, 0.4) is 0 Å². The molecule has 4 nitrogen and oxygen atoms in total. The molecule has 4 heteroatoms. The van der Waals surface area contributed by atoms with E-state index in [4.69, 9.17) is 4.74 Å². The van der Waals surface area contributed by atoms with Crippen LogP contribution in [0.1, 0.15) is 56.4 Å². The molecule has 1 aromatic heterocycles. The van der Waals surface area contributed by atoms with Gasteiger partial charge in [-0.05, 0) is 46.7 Å². The van der Waals surface area contributed by atoms with Gasteiger partial charge < -0.3 is 14.3 Å². The molecule has 2 aromatic carbocycles. The Kier molecular flexibility index (Phi) is 6.23. The summed E-state index contributed by atoms with van der Waals surface area (Å²) in [6.45, 7) is 14.0. The SMILES string of the molecule is C=CC1C[N+]2(Cc3ccc(C(C)(C)C)cc3)CCC1CC2[C@@H](O)c1ccnc2ccc(OC)cc12. The van der Waals surface area contributed by atoms with Gasteiger partial charge in [-0.2, -0.15) is 0 Å². The average Bonchev–Trinajstić information content (AvgIpc) is 2.87. The lowest BCUT2D eigenvalue weighted by Crippen LogP contribution is -2.67. The summed E-state index contributed by atoms with van der Waals surface area (Å²) in [4.78, 5) is 4.55. The molecule has 3 saturated heterocycles. The molecule has 3 aromatic rings. The highest BCUT2D eigenvalue weighted by Gasteiger charge is 2.54. The molecule has 35 heavy (non-hydrogen) atoms. The molecule has 3 fully saturated rings. The average molecular weight is 472 g/mol. The minimum Gasteiger partial charge on any atom is -0.497 e. The standard InChI is InChI=1S/C31H39N2O2/c1-6-22-20-33(19-21-7-9-24(10-8-21)31(2,3)4)16-14-23(22)17-29(33)30(34)26-13-15-32-28-12-11-25(35-5)18-27(26)28/h6-13,15,18,22-23,29-30,34H,1,14,16-17,19-20H2,2-5H3/q+1/t22?,23?,29?,30-,33?/m0/s1. The van der Waals surface area contributed by atoms with Gasteiger partial charge in [0.1, 0.15) is 24.4 Å². The maximum absolute atomic E-state index is 12.0. The van der Waals surface area contributed by atoms with Gasteiger partial charge in [0.15, 0.2) is 0 Å². The molecule has 0 radical (unpaired) electrons. The third-order valence-electron chi connectivity index (χ3n) is 8.66. The van der Waals surface area contributed by atoms with Crippen LogP contribution in [0.2, 0.25) is 0 Å². The van der Waals surface area contributed by atoms with Crippen molar-refractivity contribution in [1.82, 2.24) is 4.98 Å². The number of nitrogens with zero attached hydrogens (tertiary/aromatic N) is 2. The molecule has 5 atom stereocenters. The van der Waals surface area contributed by atoms with E-state index in [0.29, 0.717) is 11.8 Å². The van der Waals surface area contributed by atoms with Gasteiger partial charge in [0.25, 0.3) is 0 Å². The van der Waals surface area contributed by atoms with Gasteiger partial charge in [0.2, 0.25) is 0 Å². The fraction of sp³-hybridized carbons (Fsp3) is 0.452. The number of benzene rings is 2. The zero-order valence-electron chi connectivity index (χ0n) is 21.6. The van der Waals surface area contributed by atoms with E-state index in [1.807, 2.05) is 30.5 Å². The molecule has 2 bridgehead atoms. The Morgan fingerprint density at radius 3 is 2.63 bits per heavy atom. The quantitative estimate of drug-likeness (QED) is 0.344. The number of aromatic nitrogens is 1. The number of hydrogen-bond acceptors (Lipinski definition) is 3. The molecule has 0 amide bonds. The van der Waals surface area contributed by atoms with Crippen LogP contribution in [-0.4, -0.2) is 40.8 Å². The number of piperidine rings is 3. The summed E-state index contributed by atoms with van der Waals surface area (Å²) in [6, 6.07) is 17.2. The fourth-order valence-corrected chi connectivity index (χ4v) is 6.59. The molecule has 1 N–H and O–H groups in total. The van der Waals surface area contributed by atoms with Crippen LogP contribution in [0.5, 0.6) is 5.75 Å². The monoisotopic (exact) mass is 471 g/mol. The Labute approximate surface area is 209 Å². The normalized spacial score (nSPS) is 27.1. The number of ether oxygens (including phenoxy) is 1. The van der Waals surface area contributed by atoms with Crippen molar-refractivity contribution in [3.63, 3.8) is 0 Å². The summed E-state index contributed by atoms with van der Waals surface area (Å²) in [5, 5.41) is 13.0. The summed E-state index contributed by atoms with van der Waals surface area (Å²) in [5.41, 5.74) is 4.70. The van der Waals surface area contributed by atoms with Crippen molar-refractivity contribution in [3.8, 4) is 5.75 Å². The Hall–Kier alpha value is -2.69. The van der Waals surface area contributed by atoms with Crippen molar-refractivity contribution in [2.45, 2.75) is 57.7 Å². The summed E-state index contributed by atoms with van der Waals surface area (Å²) < 4.78 is 6.40. The van der Waals surface area contributed by atoms with Crippen LogP contribution < -0.4 is 4.74 Å². The number of aliphatic hydroxyl groups is 1. The van der Waals surface area contributed by atoms with E-state index in [2.05, 4.69) is 62.7 Å². The van der Waals surface area contributed by atoms with Crippen LogP contribution in [0.4, 0.5) is 0 Å². The summed E-state index contributed by atoms with van der Waals surface area (Å²) in [5.74, 6) is 1.90. The Bertz CT molecular complexity index is 1210. The zero-order chi connectivity index (χ0) is 24.8. The van der Waals surface area contributed by atoms with Gasteiger partial charge >= 0.3 is 0 Å². The van der Waals surface area contributed by atoms with E-state index < -0.39 is 6.10 Å². The van der Waals surface area contributed by atoms with Crippen molar-refractivity contribution in [2.24, 2.45) is 11.8 Å². The zero-order valence-corrected chi connectivity index (χ0v) is 21.6. The third-order valence-corrected chi connectivity index (χ3v) is 8.66. The first-order chi connectivity index (χ1) is 16.7. The van der Waals surface area contributed by atoms with Crippen LogP contribution in [-0.2, 0) is 12.0 Å². The van der Waals surface area contributed by atoms with Crippen molar-refractivity contribution < 1.29 is 14.3 Å². The van der Waals surface area contributed by atoms with Crippen molar-refractivity contribution in [2.75, 3.05) is 20.2 Å². The van der Waals surface area contributed by atoms with Gasteiger partial charge in [-0.3, -0.25) is 4.98 Å². The molecule has 6 rings (SSSR count). The molecule has 184 valence electrons.